The van der Waals surface area contributed by atoms with Gasteiger partial charge in [0.25, 0.3) is 0 Å². The van der Waals surface area contributed by atoms with Gasteiger partial charge in [0, 0.05) is 59.7 Å². The summed E-state index contributed by atoms with van der Waals surface area (Å²) in [5.74, 6) is 0.401. The molecule has 0 aliphatic carbocycles. The maximum Gasteiger partial charge on any atom is 0.243 e. The standard InChI is InChI=1S/C48H50N8O5S2/c1-26(2)43(48(60)56-24-34(57)20-39(56)46(59)51-28(4)30-10-12-31(13-11-30)45-29(5)50-25-62-45)41-22-37(54-61-41)33-14-15-42(49-23-33)55-18-16-32(17-19-55)44-27(3)36-21-38(52-53-47(36)63-44)35-8-6-7-9-40(35)58/h6-15,21-23,25-26,28,32,34,39,43,57-58H,16-20,24H2,1-5H3,(H,51,59)/t28-,34+,39-,43+/m0/s1. The number of fused-ring (bicyclic) bond motifs is 1. The van der Waals surface area contributed by atoms with Gasteiger partial charge in [0.1, 0.15) is 39.8 Å². The lowest BCUT2D eigenvalue weighted by atomic mass is 9.91. The summed E-state index contributed by atoms with van der Waals surface area (Å²) in [5, 5.41) is 38.6. The fourth-order valence-electron chi connectivity index (χ4n) is 9.03. The highest BCUT2D eigenvalue weighted by molar-refractivity contribution is 7.19. The molecule has 2 amide bonds. The second-order valence-corrected chi connectivity index (χ2v) is 19.0. The van der Waals surface area contributed by atoms with Gasteiger partial charge in [-0.15, -0.1) is 32.9 Å². The quantitative estimate of drug-likeness (QED) is 0.113. The number of nitrogens with zero attached hydrogens (tertiary/aromatic N) is 7. The number of carbonyl (C=O) groups is 2. The predicted octanol–water partition coefficient (Wildman–Crippen LogP) is 8.82. The number of aliphatic hydroxyl groups is 1. The molecule has 2 fully saturated rings. The highest BCUT2D eigenvalue weighted by atomic mass is 32.1. The van der Waals surface area contributed by atoms with E-state index in [1.165, 1.54) is 15.3 Å². The third-order valence-corrected chi connectivity index (χ3v) is 14.9. The first kappa shape index (κ1) is 42.3. The van der Waals surface area contributed by atoms with Crippen molar-refractivity contribution in [1.29, 1.82) is 0 Å². The fourth-order valence-corrected chi connectivity index (χ4v) is 11.1. The summed E-state index contributed by atoms with van der Waals surface area (Å²) in [4.78, 5) is 44.4. The van der Waals surface area contributed by atoms with E-state index in [9.17, 15) is 19.8 Å². The Bertz CT molecular complexity index is 2760. The minimum atomic E-state index is -0.827. The van der Waals surface area contributed by atoms with Gasteiger partial charge in [-0.1, -0.05) is 55.4 Å². The van der Waals surface area contributed by atoms with Crippen LogP contribution in [0.15, 0.2) is 89.0 Å². The van der Waals surface area contributed by atoms with Crippen molar-refractivity contribution in [2.75, 3.05) is 24.5 Å². The van der Waals surface area contributed by atoms with E-state index in [1.54, 1.807) is 47.1 Å². The Hall–Kier alpha value is -6.03. The molecule has 0 bridgehead atoms. The Morgan fingerprint density at radius 2 is 1.68 bits per heavy atom. The number of β-amino-alcohol motifs (C(OH)–C–C–N with tert-alkyl or cyclic N) is 1. The lowest BCUT2D eigenvalue weighted by molar-refractivity contribution is -0.141. The smallest absolute Gasteiger partial charge is 0.243 e. The number of phenolic OH excluding ortho intramolecular Hbond substituents is 1. The maximum absolute atomic E-state index is 14.3. The van der Waals surface area contributed by atoms with Crippen LogP contribution in [0.2, 0.25) is 0 Å². The zero-order valence-electron chi connectivity index (χ0n) is 35.9. The molecule has 5 aromatic heterocycles. The van der Waals surface area contributed by atoms with Crippen LogP contribution in [0.3, 0.4) is 0 Å². The lowest BCUT2D eigenvalue weighted by Crippen LogP contribution is -2.48. The first-order valence-corrected chi connectivity index (χ1v) is 23.2. The van der Waals surface area contributed by atoms with Crippen LogP contribution in [0.1, 0.15) is 85.4 Å². The fraction of sp³-hybridized carbons (Fsp3) is 0.354. The third kappa shape index (κ3) is 8.44. The zero-order valence-corrected chi connectivity index (χ0v) is 37.5. The number of anilines is 1. The minimum absolute atomic E-state index is 0.0567. The molecule has 4 atom stereocenters. The number of nitrogens with one attached hydrogen (secondary N) is 1. The summed E-state index contributed by atoms with van der Waals surface area (Å²) < 4.78 is 5.86. The van der Waals surface area contributed by atoms with Gasteiger partial charge in [-0.25, -0.2) is 9.97 Å². The topological polar surface area (TPSA) is 171 Å². The van der Waals surface area contributed by atoms with Crippen molar-refractivity contribution in [1.82, 2.24) is 35.5 Å². The molecule has 324 valence electrons. The number of aromatic hydroxyl groups is 1. The number of benzene rings is 2. The van der Waals surface area contributed by atoms with Crippen molar-refractivity contribution in [3.8, 4) is 38.7 Å². The molecule has 2 aromatic carbocycles. The van der Waals surface area contributed by atoms with E-state index in [2.05, 4.69) is 37.5 Å². The second kappa shape index (κ2) is 17.6. The number of thiophene rings is 1. The SMILES string of the molecule is Cc1ncsc1-c1ccc([C@H](C)NC(=O)[C@@H]2C[C@@H](O)CN2C(=O)[C@@H](c2cc(-c3ccc(N4CCC(c5sc6nnc(-c7ccccc7O)cc6c5C)CC4)nc3)no2)C(C)C)cc1. The molecule has 63 heavy (non-hydrogen) atoms. The van der Waals surface area contributed by atoms with E-state index in [-0.39, 0.29) is 42.5 Å². The monoisotopic (exact) mass is 882 g/mol. The number of likely N-dealkylation sites (tertiary alicyclic amines) is 1. The molecule has 3 N–H and O–H groups in total. The second-order valence-electron chi connectivity index (χ2n) is 17.1. The Labute approximate surface area is 373 Å². The Morgan fingerprint density at radius 1 is 0.921 bits per heavy atom. The number of aryl methyl sites for hydroxylation is 2. The van der Waals surface area contributed by atoms with Crippen molar-refractivity contribution < 1.29 is 24.3 Å². The number of amides is 2. The van der Waals surface area contributed by atoms with E-state index in [1.807, 2.05) is 87.8 Å². The first-order chi connectivity index (χ1) is 30.4. The van der Waals surface area contributed by atoms with Crippen LogP contribution in [0.4, 0.5) is 5.82 Å². The van der Waals surface area contributed by atoms with E-state index < -0.39 is 18.1 Å². The maximum atomic E-state index is 14.3. The Kier molecular flexibility index (Phi) is 11.8. The van der Waals surface area contributed by atoms with Gasteiger partial charge in [-0.2, -0.15) is 0 Å². The number of para-hydroxylation sites is 1. The third-order valence-electron chi connectivity index (χ3n) is 12.6. The average molecular weight is 883 g/mol. The molecule has 2 saturated heterocycles. The van der Waals surface area contributed by atoms with Crippen molar-refractivity contribution >= 4 is 50.5 Å². The summed E-state index contributed by atoms with van der Waals surface area (Å²) in [6.45, 7) is 11.7. The Balaban J connectivity index is 0.832. The molecule has 2 aliphatic rings. The molecule has 15 heteroatoms. The normalized spacial score (nSPS) is 18.0. The number of aliphatic hydroxyl groups excluding tert-OH is 1. The minimum Gasteiger partial charge on any atom is -0.507 e. The number of hydrogen-bond donors (Lipinski definition) is 3. The highest BCUT2D eigenvalue weighted by Crippen LogP contribution is 2.41. The van der Waals surface area contributed by atoms with Crippen molar-refractivity contribution in [3.63, 3.8) is 0 Å². The van der Waals surface area contributed by atoms with Crippen LogP contribution in [-0.2, 0) is 9.59 Å². The molecule has 7 aromatic rings. The molecule has 0 radical (unpaired) electrons. The van der Waals surface area contributed by atoms with Crippen LogP contribution in [0, 0.1) is 19.8 Å². The van der Waals surface area contributed by atoms with Crippen LogP contribution in [-0.4, -0.2) is 84.0 Å². The van der Waals surface area contributed by atoms with Crippen LogP contribution in [0.5, 0.6) is 5.75 Å². The van der Waals surface area contributed by atoms with Crippen LogP contribution in [0.25, 0.3) is 43.2 Å². The van der Waals surface area contributed by atoms with Gasteiger partial charge in [-0.05, 0) is 92.5 Å². The number of piperidine rings is 1. The number of aromatic nitrogens is 5. The van der Waals surface area contributed by atoms with Gasteiger partial charge < -0.3 is 29.9 Å². The first-order valence-electron chi connectivity index (χ1n) is 21.5. The van der Waals surface area contributed by atoms with Gasteiger partial charge in [0.05, 0.1) is 33.9 Å². The number of thiazole rings is 1. The number of phenols is 1. The molecule has 13 nitrogen and oxygen atoms in total. The molecule has 7 heterocycles. The molecule has 0 saturated carbocycles. The van der Waals surface area contributed by atoms with Gasteiger partial charge in [0.2, 0.25) is 11.8 Å². The molecule has 0 unspecified atom stereocenters. The summed E-state index contributed by atoms with van der Waals surface area (Å²) in [5.41, 5.74) is 8.71. The summed E-state index contributed by atoms with van der Waals surface area (Å²) >= 11 is 3.30. The van der Waals surface area contributed by atoms with Gasteiger partial charge >= 0.3 is 0 Å². The molecule has 0 spiro atoms. The number of rotatable bonds is 11. The predicted molar refractivity (Wildman–Crippen MR) is 246 cm³/mol. The largest absolute Gasteiger partial charge is 0.507 e. The summed E-state index contributed by atoms with van der Waals surface area (Å²) in [6.07, 6.45) is 3.07. The van der Waals surface area contributed by atoms with Gasteiger partial charge in [-0.3, -0.25) is 9.59 Å². The molecular weight excluding hydrogens is 833 g/mol. The van der Waals surface area contributed by atoms with E-state index >= 15 is 0 Å². The highest BCUT2D eigenvalue weighted by Gasteiger charge is 2.43. The van der Waals surface area contributed by atoms with E-state index in [0.717, 1.165) is 69.2 Å². The average Bonchev–Trinajstić information content (AvgIpc) is 4.11. The van der Waals surface area contributed by atoms with E-state index in [4.69, 9.17) is 9.51 Å². The lowest BCUT2D eigenvalue weighted by Gasteiger charge is -2.32. The Morgan fingerprint density at radius 3 is 2.38 bits per heavy atom. The summed E-state index contributed by atoms with van der Waals surface area (Å²) in [6, 6.07) is 21.9. The van der Waals surface area contributed by atoms with E-state index in [0.29, 0.717) is 28.6 Å². The van der Waals surface area contributed by atoms with Crippen molar-refractivity contribution in [2.45, 2.75) is 83.9 Å². The molecule has 9 rings (SSSR count). The van der Waals surface area contributed by atoms with Gasteiger partial charge in [0.15, 0.2) is 0 Å². The zero-order chi connectivity index (χ0) is 43.9. The van der Waals surface area contributed by atoms with Crippen molar-refractivity contribution in [2.24, 2.45) is 5.92 Å². The van der Waals surface area contributed by atoms with Crippen molar-refractivity contribution in [3.05, 3.63) is 112 Å². The molecular formula is C48H50N8O5S2. The summed E-state index contributed by atoms with van der Waals surface area (Å²) in [7, 11) is 0. The molecule has 2 aliphatic heterocycles. The van der Waals surface area contributed by atoms with Crippen LogP contribution >= 0.6 is 22.7 Å². The van der Waals surface area contributed by atoms with Crippen LogP contribution < -0.4 is 10.2 Å². The number of pyridine rings is 1. The number of carbonyl (C=O) groups excluding carboxylic acids is 2. The number of hydrogen-bond acceptors (Lipinski definition) is 13.